The lowest BCUT2D eigenvalue weighted by Crippen LogP contribution is -2.44. The van der Waals surface area contributed by atoms with E-state index in [2.05, 4.69) is 21.2 Å². The first kappa shape index (κ1) is 17.3. The lowest BCUT2D eigenvalue weighted by molar-refractivity contribution is 0.0697. The maximum Gasteiger partial charge on any atom is 0.259 e. The molecule has 0 saturated carbocycles. The fourth-order valence-corrected chi connectivity index (χ4v) is 2.68. The molecule has 2 rings (SSSR count). The molecule has 0 atom stereocenters. The first-order chi connectivity index (χ1) is 9.02. The van der Waals surface area contributed by atoms with E-state index in [1.54, 1.807) is 0 Å². The molecule has 0 aliphatic carbocycles. The number of amides is 1. The number of hydrogen-bond donors (Lipinski definition) is 1. The van der Waals surface area contributed by atoms with E-state index in [0.717, 1.165) is 25.0 Å². The van der Waals surface area contributed by atoms with Gasteiger partial charge in [0.2, 0.25) is 0 Å². The SMILES string of the molecule is CNC1CCN(C(=O)c2c(F)cc(Br)cc2F)CC1.Cl. The summed E-state index contributed by atoms with van der Waals surface area (Å²) < 4.78 is 27.7. The summed E-state index contributed by atoms with van der Waals surface area (Å²) in [6.45, 7) is 1.03. The molecule has 0 radical (unpaired) electrons. The van der Waals surface area contributed by atoms with Gasteiger partial charge in [0.1, 0.15) is 17.2 Å². The van der Waals surface area contributed by atoms with Crippen LogP contribution in [-0.4, -0.2) is 37.0 Å². The Morgan fingerprint density at radius 3 is 2.25 bits per heavy atom. The van der Waals surface area contributed by atoms with E-state index in [4.69, 9.17) is 0 Å². The Hall–Kier alpha value is -0.720. The molecule has 1 heterocycles. The topological polar surface area (TPSA) is 32.3 Å². The van der Waals surface area contributed by atoms with Crippen LogP contribution in [0.15, 0.2) is 16.6 Å². The highest BCUT2D eigenvalue weighted by Gasteiger charge is 2.27. The predicted octanol–water partition coefficient (Wildman–Crippen LogP) is 2.97. The summed E-state index contributed by atoms with van der Waals surface area (Å²) in [5.41, 5.74) is -0.467. The van der Waals surface area contributed by atoms with Crippen molar-refractivity contribution in [3.05, 3.63) is 33.8 Å². The van der Waals surface area contributed by atoms with E-state index in [9.17, 15) is 13.6 Å². The minimum absolute atomic E-state index is 0. The molecule has 20 heavy (non-hydrogen) atoms. The van der Waals surface area contributed by atoms with Crippen molar-refractivity contribution >= 4 is 34.2 Å². The molecule has 7 heteroatoms. The largest absolute Gasteiger partial charge is 0.338 e. The van der Waals surface area contributed by atoms with E-state index < -0.39 is 23.1 Å². The van der Waals surface area contributed by atoms with Gasteiger partial charge in [0.15, 0.2) is 0 Å². The number of rotatable bonds is 2. The number of halogens is 4. The van der Waals surface area contributed by atoms with Gasteiger partial charge in [0.25, 0.3) is 5.91 Å². The fourth-order valence-electron chi connectivity index (χ4n) is 2.28. The molecule has 1 aromatic carbocycles. The molecule has 0 aromatic heterocycles. The molecule has 1 saturated heterocycles. The second kappa shape index (κ2) is 7.33. The number of nitrogens with one attached hydrogen (secondary N) is 1. The quantitative estimate of drug-likeness (QED) is 0.869. The number of carbonyl (C=O) groups is 1. The predicted molar refractivity (Wildman–Crippen MR) is 79.3 cm³/mol. The van der Waals surface area contributed by atoms with Crippen molar-refractivity contribution in [2.24, 2.45) is 0 Å². The van der Waals surface area contributed by atoms with Crippen LogP contribution in [0.4, 0.5) is 8.78 Å². The number of carbonyl (C=O) groups excluding carboxylic acids is 1. The highest BCUT2D eigenvalue weighted by atomic mass is 79.9. The summed E-state index contributed by atoms with van der Waals surface area (Å²) in [5.74, 6) is -2.22. The van der Waals surface area contributed by atoms with Gasteiger partial charge in [-0.05, 0) is 32.0 Å². The van der Waals surface area contributed by atoms with Gasteiger partial charge in [0, 0.05) is 23.6 Å². The van der Waals surface area contributed by atoms with Gasteiger partial charge in [-0.15, -0.1) is 12.4 Å². The highest BCUT2D eigenvalue weighted by molar-refractivity contribution is 9.10. The van der Waals surface area contributed by atoms with Crippen molar-refractivity contribution in [3.63, 3.8) is 0 Å². The molecule has 0 unspecified atom stereocenters. The molecule has 1 amide bonds. The number of hydrogen-bond acceptors (Lipinski definition) is 2. The molecule has 1 aliphatic rings. The molecule has 3 nitrogen and oxygen atoms in total. The Morgan fingerprint density at radius 2 is 1.80 bits per heavy atom. The van der Waals surface area contributed by atoms with Crippen molar-refractivity contribution in [2.75, 3.05) is 20.1 Å². The van der Waals surface area contributed by atoms with Gasteiger partial charge in [-0.3, -0.25) is 4.79 Å². The van der Waals surface area contributed by atoms with Crippen LogP contribution < -0.4 is 5.32 Å². The number of nitrogens with zero attached hydrogens (tertiary/aromatic N) is 1. The second-order valence-electron chi connectivity index (χ2n) is 4.60. The Labute approximate surface area is 131 Å². The third kappa shape index (κ3) is 3.68. The van der Waals surface area contributed by atoms with Gasteiger partial charge in [-0.1, -0.05) is 15.9 Å². The van der Waals surface area contributed by atoms with Gasteiger partial charge in [-0.25, -0.2) is 8.78 Å². The molecule has 0 bridgehead atoms. The average Bonchev–Trinajstić information content (AvgIpc) is 2.37. The Kier molecular flexibility index (Phi) is 6.36. The maximum atomic E-state index is 13.7. The molecular formula is C13H16BrClF2N2O. The van der Waals surface area contributed by atoms with Crippen LogP contribution in [0.3, 0.4) is 0 Å². The summed E-state index contributed by atoms with van der Waals surface area (Å²) in [6, 6.07) is 2.58. The zero-order valence-electron chi connectivity index (χ0n) is 11.0. The fraction of sp³-hybridized carbons (Fsp3) is 0.462. The van der Waals surface area contributed by atoms with Crippen molar-refractivity contribution in [1.82, 2.24) is 10.2 Å². The number of benzene rings is 1. The minimum atomic E-state index is -0.826. The van der Waals surface area contributed by atoms with E-state index in [0.29, 0.717) is 19.1 Å². The average molecular weight is 370 g/mol. The standard InChI is InChI=1S/C13H15BrF2N2O.ClH/c1-17-9-2-4-18(5-3-9)13(19)12-10(15)6-8(14)7-11(12)16;/h6-7,9,17H,2-5H2,1H3;1H. The molecule has 112 valence electrons. The third-order valence-electron chi connectivity index (χ3n) is 3.41. The first-order valence-corrected chi connectivity index (χ1v) is 6.93. The van der Waals surface area contributed by atoms with Crippen molar-refractivity contribution in [1.29, 1.82) is 0 Å². The molecule has 1 fully saturated rings. The van der Waals surface area contributed by atoms with Gasteiger partial charge >= 0.3 is 0 Å². The van der Waals surface area contributed by atoms with Crippen molar-refractivity contribution in [2.45, 2.75) is 18.9 Å². The van der Waals surface area contributed by atoms with Crippen LogP contribution in [0, 0.1) is 11.6 Å². The Morgan fingerprint density at radius 1 is 1.30 bits per heavy atom. The second-order valence-corrected chi connectivity index (χ2v) is 5.52. The summed E-state index contributed by atoms with van der Waals surface area (Å²) >= 11 is 3.00. The van der Waals surface area contributed by atoms with Gasteiger partial charge in [0.05, 0.1) is 0 Å². The smallest absolute Gasteiger partial charge is 0.259 e. The zero-order valence-corrected chi connectivity index (χ0v) is 13.4. The van der Waals surface area contributed by atoms with E-state index in [1.165, 1.54) is 4.90 Å². The first-order valence-electron chi connectivity index (χ1n) is 6.14. The van der Waals surface area contributed by atoms with Crippen molar-refractivity contribution in [3.8, 4) is 0 Å². The van der Waals surface area contributed by atoms with Gasteiger partial charge in [-0.2, -0.15) is 0 Å². The summed E-state index contributed by atoms with van der Waals surface area (Å²) in [5, 5.41) is 3.14. The third-order valence-corrected chi connectivity index (χ3v) is 3.87. The van der Waals surface area contributed by atoms with Crippen LogP contribution in [0.1, 0.15) is 23.2 Å². The molecular weight excluding hydrogens is 354 g/mol. The van der Waals surface area contributed by atoms with Crippen LogP contribution >= 0.6 is 28.3 Å². The summed E-state index contributed by atoms with van der Waals surface area (Å²) in [6.07, 6.45) is 1.59. The Balaban J connectivity index is 0.00000200. The van der Waals surface area contributed by atoms with Crippen LogP contribution in [0.5, 0.6) is 0 Å². The zero-order chi connectivity index (χ0) is 14.0. The monoisotopic (exact) mass is 368 g/mol. The molecule has 1 aromatic rings. The lowest BCUT2D eigenvalue weighted by atomic mass is 10.0. The van der Waals surface area contributed by atoms with Gasteiger partial charge < -0.3 is 10.2 Å². The van der Waals surface area contributed by atoms with E-state index in [-0.39, 0.29) is 16.9 Å². The van der Waals surface area contributed by atoms with Crippen LogP contribution in [0.25, 0.3) is 0 Å². The minimum Gasteiger partial charge on any atom is -0.338 e. The highest BCUT2D eigenvalue weighted by Crippen LogP contribution is 2.22. The van der Waals surface area contributed by atoms with E-state index in [1.807, 2.05) is 7.05 Å². The number of likely N-dealkylation sites (tertiary alicyclic amines) is 1. The molecule has 0 spiro atoms. The van der Waals surface area contributed by atoms with Crippen molar-refractivity contribution < 1.29 is 13.6 Å². The molecule has 1 aliphatic heterocycles. The van der Waals surface area contributed by atoms with Crippen LogP contribution in [-0.2, 0) is 0 Å². The van der Waals surface area contributed by atoms with Crippen LogP contribution in [0.2, 0.25) is 0 Å². The normalized spacial score (nSPS) is 15.9. The Bertz CT molecular complexity index is 470. The number of piperidine rings is 1. The summed E-state index contributed by atoms with van der Waals surface area (Å²) in [4.78, 5) is 13.7. The molecule has 1 N–H and O–H groups in total. The summed E-state index contributed by atoms with van der Waals surface area (Å²) in [7, 11) is 1.87. The maximum absolute atomic E-state index is 13.7. The van der Waals surface area contributed by atoms with E-state index >= 15 is 0 Å². The lowest BCUT2D eigenvalue weighted by Gasteiger charge is -2.32.